The first-order chi connectivity index (χ1) is 15.6. The Morgan fingerprint density at radius 1 is 1.00 bits per heavy atom. The van der Waals surface area contributed by atoms with Crippen molar-refractivity contribution in [1.82, 2.24) is 10.6 Å². The molecule has 2 aliphatic heterocycles. The van der Waals surface area contributed by atoms with Crippen LogP contribution >= 0.6 is 0 Å². The second-order valence-electron chi connectivity index (χ2n) is 8.65. The molecule has 170 valence electrons. The Morgan fingerprint density at radius 3 is 2.44 bits per heavy atom. The highest BCUT2D eigenvalue weighted by Gasteiger charge is 2.24. The van der Waals surface area contributed by atoms with Crippen molar-refractivity contribution in [1.29, 1.82) is 0 Å². The van der Waals surface area contributed by atoms with Crippen molar-refractivity contribution in [3.05, 3.63) is 65.2 Å². The Balaban J connectivity index is 1.31. The predicted molar refractivity (Wildman–Crippen MR) is 126 cm³/mol. The number of para-hydroxylation sites is 1. The molecule has 2 aromatic carbocycles. The molecule has 32 heavy (non-hydrogen) atoms. The first-order valence-corrected chi connectivity index (χ1v) is 11.8. The number of carbonyl (C=O) groups excluding carboxylic acids is 2. The van der Waals surface area contributed by atoms with E-state index in [0.717, 1.165) is 57.5 Å². The van der Waals surface area contributed by atoms with Crippen molar-refractivity contribution in [2.45, 2.75) is 51.2 Å². The van der Waals surface area contributed by atoms with Gasteiger partial charge in [-0.1, -0.05) is 31.2 Å². The minimum absolute atomic E-state index is 0.0139. The molecule has 1 atom stereocenters. The molecule has 0 radical (unpaired) electrons. The lowest BCUT2D eigenvalue weighted by Crippen LogP contribution is -2.45. The van der Waals surface area contributed by atoms with E-state index in [1.54, 1.807) is 0 Å². The van der Waals surface area contributed by atoms with Crippen LogP contribution < -0.4 is 15.5 Å². The molecule has 1 unspecified atom stereocenters. The minimum atomic E-state index is -0.0537. The summed E-state index contributed by atoms with van der Waals surface area (Å²) in [6.07, 6.45) is 4.86. The van der Waals surface area contributed by atoms with Crippen LogP contribution in [-0.2, 0) is 11.2 Å². The monoisotopic (exact) mass is 435 g/mol. The molecule has 6 nitrogen and oxygen atoms in total. The number of ether oxygens (including phenoxy) is 1. The highest BCUT2D eigenvalue weighted by molar-refractivity contribution is 6.00. The fourth-order valence-corrected chi connectivity index (χ4v) is 4.47. The Kier molecular flexibility index (Phi) is 7.43. The lowest BCUT2D eigenvalue weighted by atomic mass is 10.0. The van der Waals surface area contributed by atoms with Gasteiger partial charge >= 0.3 is 0 Å². The van der Waals surface area contributed by atoms with Crippen LogP contribution in [0.3, 0.4) is 0 Å². The van der Waals surface area contributed by atoms with Gasteiger partial charge in [0.25, 0.3) is 11.8 Å². The molecule has 2 heterocycles. The summed E-state index contributed by atoms with van der Waals surface area (Å²) in [6, 6.07) is 15.7. The normalized spacial score (nSPS) is 19.0. The molecule has 2 fully saturated rings. The number of rotatable bonds is 7. The van der Waals surface area contributed by atoms with Gasteiger partial charge in [-0.25, -0.2) is 0 Å². The van der Waals surface area contributed by atoms with E-state index < -0.39 is 0 Å². The number of aryl methyl sites for hydroxylation is 1. The number of nitrogens with one attached hydrogen (secondary N) is 2. The molecule has 2 saturated heterocycles. The van der Waals surface area contributed by atoms with E-state index >= 15 is 0 Å². The largest absolute Gasteiger partial charge is 0.376 e. The smallest absolute Gasteiger partial charge is 0.253 e. The van der Waals surface area contributed by atoms with Gasteiger partial charge in [0.15, 0.2) is 0 Å². The first kappa shape index (κ1) is 22.3. The van der Waals surface area contributed by atoms with Gasteiger partial charge in [-0.2, -0.15) is 0 Å². The lowest BCUT2D eigenvalue weighted by Gasteiger charge is -2.35. The third-order valence-electron chi connectivity index (χ3n) is 6.46. The highest BCUT2D eigenvalue weighted by atomic mass is 16.5. The van der Waals surface area contributed by atoms with E-state index in [2.05, 4.69) is 22.5 Å². The fourth-order valence-electron chi connectivity index (χ4n) is 4.47. The van der Waals surface area contributed by atoms with E-state index in [9.17, 15) is 9.59 Å². The van der Waals surface area contributed by atoms with Gasteiger partial charge in [0, 0.05) is 43.5 Å². The predicted octanol–water partition coefficient (Wildman–Crippen LogP) is 3.56. The van der Waals surface area contributed by atoms with Crippen molar-refractivity contribution < 1.29 is 14.3 Å². The summed E-state index contributed by atoms with van der Waals surface area (Å²) < 4.78 is 5.61. The van der Waals surface area contributed by atoms with Crippen molar-refractivity contribution in [2.24, 2.45) is 0 Å². The molecule has 0 aromatic heterocycles. The molecule has 0 aliphatic carbocycles. The number of benzene rings is 2. The van der Waals surface area contributed by atoms with Gasteiger partial charge in [-0.3, -0.25) is 9.59 Å². The number of hydrogen-bond acceptors (Lipinski definition) is 4. The first-order valence-electron chi connectivity index (χ1n) is 11.8. The highest BCUT2D eigenvalue weighted by Crippen LogP contribution is 2.25. The summed E-state index contributed by atoms with van der Waals surface area (Å²) >= 11 is 0. The van der Waals surface area contributed by atoms with Crippen LogP contribution in [0.15, 0.2) is 48.5 Å². The maximum atomic E-state index is 12.8. The Hall–Kier alpha value is -2.86. The number of anilines is 1. The van der Waals surface area contributed by atoms with E-state index in [1.807, 2.05) is 48.5 Å². The number of nitrogens with zero attached hydrogens (tertiary/aromatic N) is 1. The summed E-state index contributed by atoms with van der Waals surface area (Å²) in [5, 5.41) is 6.21. The van der Waals surface area contributed by atoms with Gasteiger partial charge in [0.05, 0.1) is 11.7 Å². The van der Waals surface area contributed by atoms with Gasteiger partial charge < -0.3 is 20.3 Å². The summed E-state index contributed by atoms with van der Waals surface area (Å²) in [5.41, 5.74) is 3.59. The Labute approximate surface area is 190 Å². The SMILES string of the molecule is CCc1ccc(C(=O)NC2CCN(c3ccccc3C(=O)NCC3CCCO3)CC2)cc1. The number of carbonyl (C=O) groups is 2. The van der Waals surface area contributed by atoms with E-state index in [4.69, 9.17) is 4.74 Å². The molecule has 0 bridgehead atoms. The molecular formula is C26H33N3O3. The Bertz CT molecular complexity index is 914. The third kappa shape index (κ3) is 5.49. The van der Waals surface area contributed by atoms with Crippen molar-refractivity contribution in [2.75, 3.05) is 31.1 Å². The molecule has 2 amide bonds. The summed E-state index contributed by atoms with van der Waals surface area (Å²) in [7, 11) is 0. The van der Waals surface area contributed by atoms with E-state index in [1.165, 1.54) is 5.56 Å². The zero-order chi connectivity index (χ0) is 22.3. The summed E-state index contributed by atoms with van der Waals surface area (Å²) in [4.78, 5) is 27.7. The molecule has 2 aliphatic rings. The maximum absolute atomic E-state index is 12.8. The molecule has 0 saturated carbocycles. The summed E-state index contributed by atoms with van der Waals surface area (Å²) in [6.45, 7) is 5.05. The second-order valence-corrected chi connectivity index (χ2v) is 8.65. The Morgan fingerprint density at radius 2 is 1.75 bits per heavy atom. The van der Waals surface area contributed by atoms with Crippen LogP contribution in [0.1, 0.15) is 58.9 Å². The van der Waals surface area contributed by atoms with Crippen LogP contribution in [-0.4, -0.2) is 50.2 Å². The van der Waals surface area contributed by atoms with Gasteiger partial charge in [0.2, 0.25) is 0 Å². The van der Waals surface area contributed by atoms with Crippen LogP contribution in [0.4, 0.5) is 5.69 Å². The maximum Gasteiger partial charge on any atom is 0.253 e. The molecule has 0 spiro atoms. The standard InChI is InChI=1S/C26H33N3O3/c1-2-19-9-11-20(12-10-19)25(30)28-21-13-15-29(16-14-21)24-8-4-3-7-23(24)26(31)27-18-22-6-5-17-32-22/h3-4,7-12,21-22H,2,5-6,13-18H2,1H3,(H,27,31)(H,28,30). The van der Waals surface area contributed by atoms with Crippen LogP contribution in [0.25, 0.3) is 0 Å². The van der Waals surface area contributed by atoms with Crippen LogP contribution in [0, 0.1) is 0 Å². The van der Waals surface area contributed by atoms with E-state index in [0.29, 0.717) is 17.7 Å². The average Bonchev–Trinajstić information content (AvgIpc) is 3.37. The summed E-state index contributed by atoms with van der Waals surface area (Å²) in [5.74, 6) is -0.0675. The zero-order valence-corrected chi connectivity index (χ0v) is 18.8. The van der Waals surface area contributed by atoms with Crippen molar-refractivity contribution in [3.8, 4) is 0 Å². The molecule has 2 aromatic rings. The van der Waals surface area contributed by atoms with Crippen molar-refractivity contribution in [3.63, 3.8) is 0 Å². The minimum Gasteiger partial charge on any atom is -0.376 e. The van der Waals surface area contributed by atoms with E-state index in [-0.39, 0.29) is 24.0 Å². The topological polar surface area (TPSA) is 70.7 Å². The third-order valence-corrected chi connectivity index (χ3v) is 6.46. The van der Waals surface area contributed by atoms with Crippen LogP contribution in [0.5, 0.6) is 0 Å². The van der Waals surface area contributed by atoms with Crippen LogP contribution in [0.2, 0.25) is 0 Å². The van der Waals surface area contributed by atoms with Crippen molar-refractivity contribution >= 4 is 17.5 Å². The van der Waals surface area contributed by atoms with Gasteiger partial charge in [-0.05, 0) is 61.9 Å². The zero-order valence-electron chi connectivity index (χ0n) is 18.8. The van der Waals surface area contributed by atoms with Gasteiger partial charge in [-0.15, -0.1) is 0 Å². The van der Waals surface area contributed by atoms with Gasteiger partial charge in [0.1, 0.15) is 0 Å². The number of hydrogen-bond donors (Lipinski definition) is 2. The second kappa shape index (κ2) is 10.6. The fraction of sp³-hybridized carbons (Fsp3) is 0.462. The number of amides is 2. The molecule has 4 rings (SSSR count). The average molecular weight is 436 g/mol. The lowest BCUT2D eigenvalue weighted by molar-refractivity contribution is 0.0858. The molecule has 2 N–H and O–H groups in total. The molecular weight excluding hydrogens is 402 g/mol. The molecule has 6 heteroatoms. The number of piperidine rings is 1. The quantitative estimate of drug-likeness (QED) is 0.698.